The van der Waals surface area contributed by atoms with Crippen molar-refractivity contribution in [1.29, 1.82) is 0 Å². The third-order valence-corrected chi connectivity index (χ3v) is 1.54. The zero-order chi connectivity index (χ0) is 10.6. The highest BCUT2D eigenvalue weighted by molar-refractivity contribution is 9.11. The molecule has 0 aliphatic rings. The summed E-state index contributed by atoms with van der Waals surface area (Å²) < 4.78 is 5.72. The Bertz CT molecular complexity index is 367. The van der Waals surface area contributed by atoms with Crippen LogP contribution in [0.2, 0.25) is 0 Å². The fraction of sp³-hybridized carbons (Fsp3) is 0.125. The number of nitrogens with zero attached hydrogens (tertiary/aromatic N) is 2. The third-order valence-electron chi connectivity index (χ3n) is 1.31. The van der Waals surface area contributed by atoms with E-state index in [9.17, 15) is 10.1 Å². The number of ether oxygens (including phenoxy) is 1. The Morgan fingerprint density at radius 3 is 3.07 bits per heavy atom. The molecule has 0 aromatic carbocycles. The number of halogens is 1. The first-order chi connectivity index (χ1) is 6.61. The number of nitro groups is 1. The Labute approximate surface area is 88.7 Å². The second-order valence-corrected chi connectivity index (χ2v) is 3.51. The number of rotatable bonds is 4. The van der Waals surface area contributed by atoms with Gasteiger partial charge in [0.05, 0.1) is 0 Å². The van der Waals surface area contributed by atoms with Crippen LogP contribution in [0.3, 0.4) is 0 Å². The zero-order valence-electron chi connectivity index (χ0n) is 7.14. The second-order valence-electron chi connectivity index (χ2n) is 2.39. The molecule has 74 valence electrons. The van der Waals surface area contributed by atoms with Gasteiger partial charge >= 0.3 is 5.82 Å². The highest BCUT2D eigenvalue weighted by Gasteiger charge is 2.15. The lowest BCUT2D eigenvalue weighted by atomic mass is 10.4. The van der Waals surface area contributed by atoms with Gasteiger partial charge in [-0.15, -0.1) is 0 Å². The van der Waals surface area contributed by atoms with Crippen molar-refractivity contribution in [2.24, 2.45) is 0 Å². The molecule has 14 heavy (non-hydrogen) atoms. The van der Waals surface area contributed by atoms with Crippen molar-refractivity contribution in [3.05, 3.63) is 39.5 Å². The third kappa shape index (κ3) is 2.81. The van der Waals surface area contributed by atoms with E-state index >= 15 is 0 Å². The summed E-state index contributed by atoms with van der Waals surface area (Å²) in [6.45, 7) is 3.72. The molecule has 6 heteroatoms. The molecule has 0 unspecified atom stereocenters. The Hall–Kier alpha value is -1.43. The molecule has 1 aromatic rings. The fourth-order valence-corrected chi connectivity index (χ4v) is 0.903. The van der Waals surface area contributed by atoms with Gasteiger partial charge < -0.3 is 14.9 Å². The molecule has 0 saturated carbocycles. The minimum absolute atomic E-state index is 0.137. The van der Waals surface area contributed by atoms with Crippen LogP contribution in [0.15, 0.2) is 29.4 Å². The molecule has 0 atom stereocenters. The van der Waals surface area contributed by atoms with Gasteiger partial charge in [-0.3, -0.25) is 0 Å². The lowest BCUT2D eigenvalue weighted by Crippen LogP contribution is -2.01. The minimum Gasteiger partial charge on any atom is -0.480 e. The van der Waals surface area contributed by atoms with E-state index in [0.717, 1.165) is 0 Å². The van der Waals surface area contributed by atoms with E-state index in [4.69, 9.17) is 4.74 Å². The first-order valence-corrected chi connectivity index (χ1v) is 4.46. The largest absolute Gasteiger partial charge is 0.480 e. The molecule has 0 fully saturated rings. The molecule has 0 bridgehead atoms. The summed E-state index contributed by atoms with van der Waals surface area (Å²) in [6, 6.07) is 3.06. The van der Waals surface area contributed by atoms with E-state index in [2.05, 4.69) is 27.5 Å². The number of pyridine rings is 1. The normalized spacial score (nSPS) is 9.50. The Balaban J connectivity index is 2.84. The molecule has 0 amide bonds. The average molecular weight is 259 g/mol. The average Bonchev–Trinajstić information content (AvgIpc) is 2.15. The van der Waals surface area contributed by atoms with Gasteiger partial charge in [-0.2, -0.15) is 0 Å². The van der Waals surface area contributed by atoms with Crippen molar-refractivity contribution in [3.8, 4) is 5.75 Å². The van der Waals surface area contributed by atoms with Gasteiger partial charge in [0.25, 0.3) is 0 Å². The smallest absolute Gasteiger partial charge is 0.406 e. The summed E-state index contributed by atoms with van der Waals surface area (Å²) in [6.07, 6.45) is 1.34. The zero-order valence-corrected chi connectivity index (χ0v) is 8.73. The van der Waals surface area contributed by atoms with E-state index < -0.39 is 4.92 Å². The van der Waals surface area contributed by atoms with E-state index in [1.807, 2.05) is 0 Å². The predicted octanol–water partition coefficient (Wildman–Crippen LogP) is 2.28. The minimum atomic E-state index is -0.591. The van der Waals surface area contributed by atoms with Crippen LogP contribution in [0.5, 0.6) is 5.75 Å². The van der Waals surface area contributed by atoms with E-state index in [0.29, 0.717) is 4.48 Å². The van der Waals surface area contributed by atoms with Crippen LogP contribution in [0.25, 0.3) is 0 Å². The molecule has 0 saturated heterocycles. The summed E-state index contributed by atoms with van der Waals surface area (Å²) in [4.78, 5) is 13.5. The maximum Gasteiger partial charge on any atom is 0.406 e. The molecular formula is C8H7BrN2O3. The van der Waals surface area contributed by atoms with Gasteiger partial charge in [0.15, 0.2) is 0 Å². The van der Waals surface area contributed by atoms with E-state index in [1.165, 1.54) is 12.3 Å². The van der Waals surface area contributed by atoms with E-state index in [1.54, 1.807) is 6.07 Å². The summed E-state index contributed by atoms with van der Waals surface area (Å²) in [5, 5.41) is 10.5. The number of hydrogen-bond acceptors (Lipinski definition) is 4. The van der Waals surface area contributed by atoms with Gasteiger partial charge in [-0.25, -0.2) is 0 Å². The molecule has 0 aliphatic carbocycles. The van der Waals surface area contributed by atoms with Crippen molar-refractivity contribution >= 4 is 21.7 Å². The Morgan fingerprint density at radius 2 is 2.50 bits per heavy atom. The van der Waals surface area contributed by atoms with Gasteiger partial charge in [0.1, 0.15) is 12.8 Å². The van der Waals surface area contributed by atoms with Crippen molar-refractivity contribution < 1.29 is 9.66 Å². The first-order valence-electron chi connectivity index (χ1n) is 3.66. The first kappa shape index (κ1) is 10.6. The molecule has 0 aliphatic heterocycles. The fourth-order valence-electron chi connectivity index (χ4n) is 0.788. The standard InChI is InChI=1S/C8H7BrN2O3/c1-6(9)5-14-7-3-2-4-10-8(7)11(12)13/h2-4H,1,5H2. The SMILES string of the molecule is C=C(Br)COc1cccnc1[N+](=O)[O-]. The summed E-state index contributed by atoms with van der Waals surface area (Å²) in [5.74, 6) is -0.153. The summed E-state index contributed by atoms with van der Waals surface area (Å²) >= 11 is 3.08. The van der Waals surface area contributed by atoms with Crippen LogP contribution in [0.1, 0.15) is 0 Å². The molecular weight excluding hydrogens is 252 g/mol. The van der Waals surface area contributed by atoms with Crippen LogP contribution < -0.4 is 4.74 Å². The molecule has 0 radical (unpaired) electrons. The van der Waals surface area contributed by atoms with Crippen molar-refractivity contribution in [2.75, 3.05) is 6.61 Å². The number of hydrogen-bond donors (Lipinski definition) is 0. The lowest BCUT2D eigenvalue weighted by Gasteiger charge is -2.03. The van der Waals surface area contributed by atoms with Crippen LogP contribution in [-0.2, 0) is 0 Å². The topological polar surface area (TPSA) is 65.3 Å². The monoisotopic (exact) mass is 258 g/mol. The van der Waals surface area contributed by atoms with Gasteiger partial charge in [0.2, 0.25) is 5.75 Å². The molecule has 5 nitrogen and oxygen atoms in total. The Kier molecular flexibility index (Phi) is 3.58. The van der Waals surface area contributed by atoms with Crippen molar-refractivity contribution in [2.45, 2.75) is 0 Å². The number of aromatic nitrogens is 1. The molecule has 1 heterocycles. The van der Waals surface area contributed by atoms with Crippen LogP contribution in [0, 0.1) is 10.1 Å². The molecule has 1 aromatic heterocycles. The predicted molar refractivity (Wildman–Crippen MR) is 54.5 cm³/mol. The van der Waals surface area contributed by atoms with Crippen LogP contribution >= 0.6 is 15.9 Å². The van der Waals surface area contributed by atoms with Gasteiger partial charge in [0, 0.05) is 4.48 Å². The van der Waals surface area contributed by atoms with E-state index in [-0.39, 0.29) is 18.2 Å². The molecule has 0 spiro atoms. The Morgan fingerprint density at radius 1 is 1.79 bits per heavy atom. The lowest BCUT2D eigenvalue weighted by molar-refractivity contribution is -0.390. The summed E-state index contributed by atoms with van der Waals surface area (Å²) in [7, 11) is 0. The second kappa shape index (κ2) is 4.71. The van der Waals surface area contributed by atoms with Crippen LogP contribution in [-0.4, -0.2) is 16.5 Å². The van der Waals surface area contributed by atoms with Gasteiger partial charge in [-0.05, 0) is 22.0 Å². The summed E-state index contributed by atoms with van der Waals surface area (Å²) in [5.41, 5.74) is 0. The van der Waals surface area contributed by atoms with Crippen LogP contribution in [0.4, 0.5) is 5.82 Å². The molecule has 1 rings (SSSR count). The maximum atomic E-state index is 10.5. The van der Waals surface area contributed by atoms with Gasteiger partial charge in [-0.1, -0.05) is 22.5 Å². The highest BCUT2D eigenvalue weighted by atomic mass is 79.9. The molecule has 0 N–H and O–H groups in total. The maximum absolute atomic E-state index is 10.5. The van der Waals surface area contributed by atoms with Crippen molar-refractivity contribution in [3.63, 3.8) is 0 Å². The van der Waals surface area contributed by atoms with Crippen molar-refractivity contribution in [1.82, 2.24) is 4.98 Å². The quantitative estimate of drug-likeness (QED) is 0.614. The highest BCUT2D eigenvalue weighted by Crippen LogP contribution is 2.23.